The number of benzene rings is 4. The van der Waals surface area contributed by atoms with Gasteiger partial charge in [-0.25, -0.2) is 0 Å². The molecule has 4 nitrogen and oxygen atoms in total. The van der Waals surface area contributed by atoms with Crippen LogP contribution in [0.25, 0.3) is 49.4 Å². The molecule has 5 heteroatoms. The quantitative estimate of drug-likeness (QED) is 0.167. The Morgan fingerprint density at radius 1 is 0.805 bits per heavy atom. The Labute approximate surface area is 254 Å². The molecule has 3 aromatic heterocycles. The second kappa shape index (κ2) is 11.7. The summed E-state index contributed by atoms with van der Waals surface area (Å²) in [5.74, 6) is 0. The average molecular weight is 710 g/mol. The standard InChI is InChI=1S/C25H21N3.C11H8N.Ir/c1-2-3-12-26-13-14-27(17-26)18-15-21-19-8-4-6-10-23(19)28-24-11-7-5-9-20(24)22(16-18)25(21)28;1-2-6-10(7-3-1)11-8-4-5-9-12-11;/h4-11,13-15,17H,2-3,12H2,1H3;1-6,8-9H;/q-2;-1;+3. The number of anilines is 1. The van der Waals surface area contributed by atoms with E-state index < -0.39 is 0 Å². The summed E-state index contributed by atoms with van der Waals surface area (Å²) in [7, 11) is 0. The Kier molecular flexibility index (Phi) is 7.73. The van der Waals surface area contributed by atoms with Gasteiger partial charge in [-0.3, -0.25) is 0 Å². The molecule has 0 fully saturated rings. The first-order valence-electron chi connectivity index (χ1n) is 13.9. The topological polar surface area (TPSA) is 23.8 Å². The van der Waals surface area contributed by atoms with Gasteiger partial charge in [0, 0.05) is 17.2 Å². The third-order valence-electron chi connectivity index (χ3n) is 7.49. The maximum absolute atomic E-state index is 4.22. The molecule has 4 heterocycles. The van der Waals surface area contributed by atoms with E-state index in [1.807, 2.05) is 42.5 Å². The van der Waals surface area contributed by atoms with Crippen LogP contribution >= 0.6 is 0 Å². The van der Waals surface area contributed by atoms with Crippen LogP contribution < -0.4 is 4.90 Å². The van der Waals surface area contributed by atoms with E-state index in [9.17, 15) is 0 Å². The van der Waals surface area contributed by atoms with Crippen molar-refractivity contribution in [1.82, 2.24) is 14.3 Å². The van der Waals surface area contributed by atoms with E-state index >= 15 is 0 Å². The minimum absolute atomic E-state index is 0. The fourth-order valence-corrected chi connectivity index (χ4v) is 5.57. The molecule has 0 radical (unpaired) electrons. The van der Waals surface area contributed by atoms with Gasteiger partial charge < -0.3 is 19.2 Å². The third-order valence-corrected chi connectivity index (χ3v) is 7.49. The van der Waals surface area contributed by atoms with Gasteiger partial charge in [-0.15, -0.1) is 53.4 Å². The molecular weight excluding hydrogens is 681 g/mol. The van der Waals surface area contributed by atoms with Crippen molar-refractivity contribution in [2.24, 2.45) is 0 Å². The van der Waals surface area contributed by atoms with Crippen LogP contribution in [0.3, 0.4) is 0 Å². The summed E-state index contributed by atoms with van der Waals surface area (Å²) in [6.45, 7) is 5.47. The summed E-state index contributed by atoms with van der Waals surface area (Å²) in [6.07, 6.45) is 8.49. The zero-order valence-electron chi connectivity index (χ0n) is 22.8. The predicted molar refractivity (Wildman–Crippen MR) is 166 cm³/mol. The number of fused-ring (bicyclic) bond motifs is 6. The largest absolute Gasteiger partial charge is 3.00 e. The van der Waals surface area contributed by atoms with Gasteiger partial charge in [-0.05, 0) is 60.2 Å². The summed E-state index contributed by atoms with van der Waals surface area (Å²) >= 11 is 0. The van der Waals surface area contributed by atoms with Gasteiger partial charge in [-0.2, -0.15) is 6.67 Å². The normalized spacial score (nSPS) is 12.8. The van der Waals surface area contributed by atoms with Crippen molar-refractivity contribution in [3.8, 4) is 11.3 Å². The van der Waals surface area contributed by atoms with Gasteiger partial charge in [0.05, 0.1) is 0 Å². The Bertz CT molecular complexity index is 1810. The van der Waals surface area contributed by atoms with Gasteiger partial charge in [0.2, 0.25) is 0 Å². The Balaban J connectivity index is 0.000000196. The van der Waals surface area contributed by atoms with Gasteiger partial charge >= 0.3 is 20.1 Å². The molecule has 0 N–H and O–H groups in total. The predicted octanol–water partition coefficient (Wildman–Crippen LogP) is 8.70. The smallest absolute Gasteiger partial charge is 0.508 e. The molecule has 0 unspecified atom stereocenters. The first-order chi connectivity index (χ1) is 19.8. The van der Waals surface area contributed by atoms with Crippen molar-refractivity contribution < 1.29 is 20.1 Å². The molecule has 7 aromatic rings. The summed E-state index contributed by atoms with van der Waals surface area (Å²) in [5, 5.41) is 5.06. The molecule has 8 rings (SSSR count). The fourth-order valence-electron chi connectivity index (χ4n) is 5.57. The van der Waals surface area contributed by atoms with E-state index in [1.165, 1.54) is 50.9 Å². The number of hydrogen-bond acceptors (Lipinski definition) is 3. The van der Waals surface area contributed by atoms with E-state index in [4.69, 9.17) is 0 Å². The number of aromatic nitrogens is 2. The number of hydrogen-bond donors (Lipinski definition) is 0. The number of nitrogens with zero attached hydrogens (tertiary/aromatic N) is 4. The molecule has 0 saturated heterocycles. The van der Waals surface area contributed by atoms with Crippen molar-refractivity contribution in [2.75, 3.05) is 11.4 Å². The second-order valence-corrected chi connectivity index (χ2v) is 10.1. The maximum Gasteiger partial charge on any atom is 3.00 e. The van der Waals surface area contributed by atoms with Crippen molar-refractivity contribution in [3.63, 3.8) is 0 Å². The van der Waals surface area contributed by atoms with Crippen LogP contribution in [0.2, 0.25) is 0 Å². The van der Waals surface area contributed by atoms with Crippen LogP contribution in [0.4, 0.5) is 5.69 Å². The van der Waals surface area contributed by atoms with Crippen LogP contribution in [-0.2, 0) is 20.1 Å². The Morgan fingerprint density at radius 3 is 2.32 bits per heavy atom. The molecule has 0 spiro atoms. The van der Waals surface area contributed by atoms with Crippen LogP contribution in [-0.4, -0.2) is 20.8 Å². The maximum atomic E-state index is 4.22. The van der Waals surface area contributed by atoms with E-state index in [0.717, 1.165) is 23.5 Å². The molecule has 202 valence electrons. The number of unbranched alkanes of at least 4 members (excludes halogenated alkanes) is 1. The monoisotopic (exact) mass is 710 g/mol. The molecule has 0 bridgehead atoms. The molecule has 0 amide bonds. The Morgan fingerprint density at radius 2 is 1.56 bits per heavy atom. The van der Waals surface area contributed by atoms with Gasteiger partial charge in [0.25, 0.3) is 0 Å². The van der Waals surface area contributed by atoms with Crippen LogP contribution in [0.5, 0.6) is 0 Å². The van der Waals surface area contributed by atoms with Crippen molar-refractivity contribution >= 4 is 43.8 Å². The average Bonchev–Trinajstić information content (AvgIpc) is 3.73. The molecule has 4 aromatic carbocycles. The summed E-state index contributed by atoms with van der Waals surface area (Å²) in [6, 6.07) is 40.2. The third kappa shape index (κ3) is 4.97. The summed E-state index contributed by atoms with van der Waals surface area (Å²) in [5.41, 5.74) is 6.90. The van der Waals surface area contributed by atoms with Crippen molar-refractivity contribution in [2.45, 2.75) is 19.8 Å². The van der Waals surface area contributed by atoms with Crippen LogP contribution in [0, 0.1) is 18.8 Å². The minimum Gasteiger partial charge on any atom is -0.508 e. The fraction of sp³-hybridized carbons (Fsp3) is 0.111. The second-order valence-electron chi connectivity index (χ2n) is 10.1. The molecule has 0 atom stereocenters. The van der Waals surface area contributed by atoms with Crippen LogP contribution in [0.15, 0.2) is 116 Å². The zero-order chi connectivity index (χ0) is 26.9. The number of rotatable bonds is 5. The summed E-state index contributed by atoms with van der Waals surface area (Å²) in [4.78, 5) is 8.67. The SMILES string of the molecule is CCCCN1C=CN(c2[c-]c3c4ccccc4n4c5ccccc5c(c2)c34)[CH-]1.[Ir+3].[c-]1ccccc1-c1ccccn1. The van der Waals surface area contributed by atoms with E-state index in [1.54, 1.807) is 6.20 Å². The van der Waals surface area contributed by atoms with Crippen molar-refractivity contribution in [3.05, 3.63) is 134 Å². The molecule has 0 saturated carbocycles. The van der Waals surface area contributed by atoms with E-state index in [2.05, 4.69) is 112 Å². The van der Waals surface area contributed by atoms with E-state index in [0.29, 0.717) is 0 Å². The number of para-hydroxylation sites is 2. The number of pyridine rings is 1. The first kappa shape index (κ1) is 27.0. The molecule has 0 aliphatic carbocycles. The molecule has 1 aliphatic rings. The Hall–Kier alpha value is -4.18. The van der Waals surface area contributed by atoms with Gasteiger partial charge in [0.1, 0.15) is 0 Å². The minimum atomic E-state index is 0. The molecular formula is C36H29IrN4. The summed E-state index contributed by atoms with van der Waals surface area (Å²) < 4.78 is 2.40. The van der Waals surface area contributed by atoms with E-state index in [-0.39, 0.29) is 20.1 Å². The van der Waals surface area contributed by atoms with Crippen molar-refractivity contribution in [1.29, 1.82) is 0 Å². The van der Waals surface area contributed by atoms with Gasteiger partial charge in [0.15, 0.2) is 0 Å². The molecule has 41 heavy (non-hydrogen) atoms. The van der Waals surface area contributed by atoms with Crippen LogP contribution in [0.1, 0.15) is 19.8 Å². The first-order valence-corrected chi connectivity index (χ1v) is 13.9. The van der Waals surface area contributed by atoms with Gasteiger partial charge in [-0.1, -0.05) is 78.3 Å². The molecule has 1 aliphatic heterocycles. The zero-order valence-corrected chi connectivity index (χ0v) is 25.2.